The van der Waals surface area contributed by atoms with Gasteiger partial charge >= 0.3 is 0 Å². The normalized spacial score (nSPS) is 26.3. The van der Waals surface area contributed by atoms with Crippen molar-refractivity contribution >= 4 is 5.69 Å². The lowest BCUT2D eigenvalue weighted by atomic mass is 9.92. The summed E-state index contributed by atoms with van der Waals surface area (Å²) in [5.41, 5.74) is 2.34. The lowest BCUT2D eigenvalue weighted by molar-refractivity contribution is -0.0499. The van der Waals surface area contributed by atoms with Crippen LogP contribution in [0.15, 0.2) is 18.2 Å². The van der Waals surface area contributed by atoms with Gasteiger partial charge in [-0.05, 0) is 12.1 Å². The minimum Gasteiger partial charge on any atom is -0.488 e. The maximum atomic E-state index is 13.3. The van der Waals surface area contributed by atoms with E-state index in [1.165, 1.54) is 18.2 Å². The summed E-state index contributed by atoms with van der Waals surface area (Å²) in [6.45, 7) is 0. The largest absolute Gasteiger partial charge is 0.488 e. The third-order valence-electron chi connectivity index (χ3n) is 3.60. The number of nitrogens with one attached hydrogen (secondary N) is 1. The highest BCUT2D eigenvalue weighted by atomic mass is 19.1. The fourth-order valence-corrected chi connectivity index (χ4v) is 2.52. The Balaban J connectivity index is 2.10. The van der Waals surface area contributed by atoms with Crippen LogP contribution in [0.1, 0.15) is 19.3 Å². The van der Waals surface area contributed by atoms with Crippen molar-refractivity contribution in [3.8, 4) is 5.75 Å². The molecule has 6 heteroatoms. The minimum atomic E-state index is -0.415. The fraction of sp³-hybridized carbons (Fsp3) is 0.571. The standard InChI is InChI=1S/C14H20FNO4/c1-18-10-6-11(19-2)8-12(7-10)20-14-5-9(15)3-4-13(14)16-17/h3-5,10-12,16-17H,6-8H2,1-2H3/t10-,11+,12-. The van der Waals surface area contributed by atoms with Gasteiger partial charge in [-0.15, -0.1) is 0 Å². The van der Waals surface area contributed by atoms with Gasteiger partial charge in [-0.25, -0.2) is 4.39 Å². The Morgan fingerprint density at radius 1 is 1.10 bits per heavy atom. The first kappa shape index (κ1) is 15.0. The van der Waals surface area contributed by atoms with Crippen LogP contribution in [0.4, 0.5) is 10.1 Å². The second kappa shape index (κ2) is 6.88. The molecule has 1 aromatic carbocycles. The average Bonchev–Trinajstić information content (AvgIpc) is 2.47. The topological polar surface area (TPSA) is 60.0 Å². The smallest absolute Gasteiger partial charge is 0.148 e. The number of ether oxygens (including phenoxy) is 3. The van der Waals surface area contributed by atoms with Crippen molar-refractivity contribution < 1.29 is 23.8 Å². The molecule has 2 rings (SSSR count). The summed E-state index contributed by atoms with van der Waals surface area (Å²) in [4.78, 5) is 0. The quantitative estimate of drug-likeness (QED) is 0.814. The first-order valence-corrected chi connectivity index (χ1v) is 6.58. The van der Waals surface area contributed by atoms with E-state index in [2.05, 4.69) is 0 Å². The van der Waals surface area contributed by atoms with Gasteiger partial charge in [-0.2, -0.15) is 0 Å². The Hall–Kier alpha value is -1.37. The maximum absolute atomic E-state index is 13.3. The van der Waals surface area contributed by atoms with Crippen molar-refractivity contribution in [3.63, 3.8) is 0 Å². The van der Waals surface area contributed by atoms with Crippen LogP contribution in [-0.4, -0.2) is 37.7 Å². The molecule has 0 heterocycles. The van der Waals surface area contributed by atoms with Crippen LogP contribution in [0.3, 0.4) is 0 Å². The molecule has 20 heavy (non-hydrogen) atoms. The molecule has 0 unspecified atom stereocenters. The summed E-state index contributed by atoms with van der Waals surface area (Å²) >= 11 is 0. The van der Waals surface area contributed by atoms with Gasteiger partial charge in [0, 0.05) is 39.5 Å². The summed E-state index contributed by atoms with van der Waals surface area (Å²) in [6, 6.07) is 3.92. The van der Waals surface area contributed by atoms with Gasteiger partial charge in [0.1, 0.15) is 23.4 Å². The van der Waals surface area contributed by atoms with Crippen molar-refractivity contribution in [2.45, 2.75) is 37.6 Å². The van der Waals surface area contributed by atoms with E-state index in [-0.39, 0.29) is 24.1 Å². The van der Waals surface area contributed by atoms with E-state index in [1.807, 2.05) is 5.48 Å². The first-order chi connectivity index (χ1) is 9.66. The molecule has 0 saturated heterocycles. The first-order valence-electron chi connectivity index (χ1n) is 6.58. The molecule has 1 aliphatic rings. The lowest BCUT2D eigenvalue weighted by Crippen LogP contribution is -2.38. The molecule has 3 atom stereocenters. The van der Waals surface area contributed by atoms with Crippen LogP contribution in [0.2, 0.25) is 0 Å². The highest BCUT2D eigenvalue weighted by molar-refractivity contribution is 5.54. The number of anilines is 1. The molecule has 1 aliphatic carbocycles. The zero-order valence-electron chi connectivity index (χ0n) is 11.6. The number of hydrogen-bond donors (Lipinski definition) is 2. The second-order valence-electron chi connectivity index (χ2n) is 4.91. The molecule has 1 saturated carbocycles. The van der Waals surface area contributed by atoms with Gasteiger partial charge in [0.05, 0.1) is 12.2 Å². The SMILES string of the molecule is CO[C@@H]1C[C@H](OC)C[C@H](Oc2cc(F)ccc2NO)C1. The number of rotatable bonds is 5. The average molecular weight is 285 g/mol. The number of methoxy groups -OCH3 is 2. The molecule has 5 nitrogen and oxygen atoms in total. The van der Waals surface area contributed by atoms with Crippen LogP contribution < -0.4 is 10.2 Å². The highest BCUT2D eigenvalue weighted by Gasteiger charge is 2.30. The van der Waals surface area contributed by atoms with E-state index in [4.69, 9.17) is 19.4 Å². The summed E-state index contributed by atoms with van der Waals surface area (Å²) < 4.78 is 29.8. The van der Waals surface area contributed by atoms with Crippen molar-refractivity contribution in [2.75, 3.05) is 19.7 Å². The van der Waals surface area contributed by atoms with Crippen molar-refractivity contribution in [1.82, 2.24) is 0 Å². The summed E-state index contributed by atoms with van der Waals surface area (Å²) in [5.74, 6) is -0.134. The van der Waals surface area contributed by atoms with E-state index in [9.17, 15) is 4.39 Å². The number of hydrogen-bond acceptors (Lipinski definition) is 5. The van der Waals surface area contributed by atoms with Gasteiger partial charge < -0.3 is 14.2 Å². The lowest BCUT2D eigenvalue weighted by Gasteiger charge is -2.33. The molecule has 0 radical (unpaired) electrons. The predicted octanol–water partition coefficient (Wildman–Crippen LogP) is 2.59. The molecule has 0 aliphatic heterocycles. The van der Waals surface area contributed by atoms with Gasteiger partial charge in [0.2, 0.25) is 0 Å². The zero-order chi connectivity index (χ0) is 14.5. The van der Waals surface area contributed by atoms with E-state index >= 15 is 0 Å². The molecule has 0 amide bonds. The molecule has 1 aromatic rings. The third-order valence-corrected chi connectivity index (χ3v) is 3.60. The Morgan fingerprint density at radius 2 is 1.70 bits per heavy atom. The van der Waals surface area contributed by atoms with Crippen LogP contribution in [0.5, 0.6) is 5.75 Å². The Morgan fingerprint density at radius 3 is 2.25 bits per heavy atom. The molecule has 112 valence electrons. The highest BCUT2D eigenvalue weighted by Crippen LogP contribution is 2.31. The van der Waals surface area contributed by atoms with Crippen LogP contribution in [0.25, 0.3) is 0 Å². The number of benzene rings is 1. The predicted molar refractivity (Wildman–Crippen MR) is 71.7 cm³/mol. The molecule has 1 fully saturated rings. The van der Waals surface area contributed by atoms with Crippen LogP contribution in [-0.2, 0) is 9.47 Å². The van der Waals surface area contributed by atoms with Crippen LogP contribution in [0, 0.1) is 5.82 Å². The monoisotopic (exact) mass is 285 g/mol. The van der Waals surface area contributed by atoms with E-state index in [1.54, 1.807) is 14.2 Å². The van der Waals surface area contributed by atoms with Gasteiger partial charge in [0.25, 0.3) is 0 Å². The second-order valence-corrected chi connectivity index (χ2v) is 4.91. The summed E-state index contributed by atoms with van der Waals surface area (Å²) in [7, 11) is 3.31. The van der Waals surface area contributed by atoms with E-state index in [0.29, 0.717) is 18.5 Å². The van der Waals surface area contributed by atoms with Gasteiger partial charge in [-0.3, -0.25) is 10.7 Å². The molecule has 2 N–H and O–H groups in total. The Bertz CT molecular complexity index is 431. The molecule has 0 bridgehead atoms. The zero-order valence-corrected chi connectivity index (χ0v) is 11.6. The fourth-order valence-electron chi connectivity index (χ4n) is 2.52. The van der Waals surface area contributed by atoms with Crippen molar-refractivity contribution in [1.29, 1.82) is 0 Å². The summed E-state index contributed by atoms with van der Waals surface area (Å²) in [6.07, 6.45) is 2.19. The van der Waals surface area contributed by atoms with Gasteiger partial charge in [-0.1, -0.05) is 0 Å². The van der Waals surface area contributed by atoms with Gasteiger partial charge in [0.15, 0.2) is 0 Å². The van der Waals surface area contributed by atoms with Crippen molar-refractivity contribution in [3.05, 3.63) is 24.0 Å². The minimum absolute atomic E-state index is 0.0535. The third kappa shape index (κ3) is 3.59. The Kier molecular flexibility index (Phi) is 5.17. The molecular formula is C14H20FNO4. The number of halogens is 1. The Labute approximate surface area is 117 Å². The van der Waals surface area contributed by atoms with E-state index < -0.39 is 5.82 Å². The maximum Gasteiger partial charge on any atom is 0.148 e. The van der Waals surface area contributed by atoms with Crippen LogP contribution >= 0.6 is 0 Å². The molecule has 0 aromatic heterocycles. The van der Waals surface area contributed by atoms with Crippen molar-refractivity contribution in [2.24, 2.45) is 0 Å². The summed E-state index contributed by atoms with van der Waals surface area (Å²) in [5, 5.41) is 9.03. The van der Waals surface area contributed by atoms with E-state index in [0.717, 1.165) is 6.42 Å². The molecule has 0 spiro atoms. The molecular weight excluding hydrogens is 265 g/mol.